The molecule has 0 spiro atoms. The molecule has 0 aliphatic rings. The third kappa shape index (κ3) is 3.34. The highest BCUT2D eigenvalue weighted by molar-refractivity contribution is 5.75. The van der Waals surface area contributed by atoms with Crippen LogP contribution >= 0.6 is 0 Å². The largest absolute Gasteiger partial charge is 0.508 e. The third-order valence-corrected chi connectivity index (χ3v) is 2.24. The number of phenolic OH excluding ortho intramolecular Hbond substituents is 1. The summed E-state index contributed by atoms with van der Waals surface area (Å²) in [5.41, 5.74) is 0.901. The summed E-state index contributed by atoms with van der Waals surface area (Å²) < 4.78 is 5.10. The first kappa shape index (κ1) is 11.2. The van der Waals surface area contributed by atoms with Crippen molar-refractivity contribution in [3.05, 3.63) is 60.2 Å². The molecule has 0 radical (unpaired) electrons. The lowest BCUT2D eigenvalue weighted by molar-refractivity contribution is -0.133. The van der Waals surface area contributed by atoms with Crippen LogP contribution in [0.25, 0.3) is 0 Å². The molecule has 3 heteroatoms. The molecule has 0 heterocycles. The summed E-state index contributed by atoms with van der Waals surface area (Å²) in [6.45, 7) is 0. The first-order valence-corrected chi connectivity index (χ1v) is 5.28. The van der Waals surface area contributed by atoms with E-state index in [0.29, 0.717) is 5.75 Å². The second-order valence-corrected chi connectivity index (χ2v) is 3.63. The minimum absolute atomic E-state index is 0.0787. The number of ether oxygens (including phenoxy) is 1. The second-order valence-electron chi connectivity index (χ2n) is 3.63. The number of carbonyl (C=O) groups excluding carboxylic acids is 1. The zero-order chi connectivity index (χ0) is 12.1. The van der Waals surface area contributed by atoms with E-state index in [1.165, 1.54) is 12.1 Å². The number of esters is 1. The molecule has 17 heavy (non-hydrogen) atoms. The number of hydrogen-bond donors (Lipinski definition) is 1. The molecule has 0 saturated heterocycles. The Kier molecular flexibility index (Phi) is 3.40. The Balaban J connectivity index is 1.98. The topological polar surface area (TPSA) is 46.5 Å². The van der Waals surface area contributed by atoms with Gasteiger partial charge in [-0.1, -0.05) is 36.4 Å². The van der Waals surface area contributed by atoms with Gasteiger partial charge in [0.05, 0.1) is 6.42 Å². The molecular weight excluding hydrogens is 216 g/mol. The molecule has 0 unspecified atom stereocenters. The highest BCUT2D eigenvalue weighted by Gasteiger charge is 2.06. The molecule has 0 bridgehead atoms. The van der Waals surface area contributed by atoms with E-state index < -0.39 is 0 Å². The van der Waals surface area contributed by atoms with Crippen molar-refractivity contribution < 1.29 is 14.6 Å². The van der Waals surface area contributed by atoms with E-state index in [0.717, 1.165) is 5.56 Å². The highest BCUT2D eigenvalue weighted by Crippen LogP contribution is 2.18. The van der Waals surface area contributed by atoms with Crippen molar-refractivity contribution in [2.24, 2.45) is 0 Å². The molecular formula is C14H12O3. The van der Waals surface area contributed by atoms with Gasteiger partial charge < -0.3 is 9.84 Å². The Hall–Kier alpha value is -2.29. The molecule has 0 saturated carbocycles. The monoisotopic (exact) mass is 228 g/mol. The molecule has 0 fully saturated rings. The molecule has 2 rings (SSSR count). The molecule has 0 atom stereocenters. The van der Waals surface area contributed by atoms with Gasteiger partial charge in [-0.05, 0) is 17.7 Å². The zero-order valence-electron chi connectivity index (χ0n) is 9.17. The van der Waals surface area contributed by atoms with Gasteiger partial charge in [0.1, 0.15) is 11.5 Å². The standard InChI is InChI=1S/C14H12O3/c15-12-7-4-8-13(10-12)17-14(16)9-11-5-2-1-3-6-11/h1-8,10,15H,9H2. The van der Waals surface area contributed by atoms with Crippen molar-refractivity contribution in [2.75, 3.05) is 0 Å². The lowest BCUT2D eigenvalue weighted by atomic mass is 10.2. The summed E-state index contributed by atoms with van der Waals surface area (Å²) in [5, 5.41) is 9.22. The van der Waals surface area contributed by atoms with Gasteiger partial charge in [-0.3, -0.25) is 4.79 Å². The average Bonchev–Trinajstić information content (AvgIpc) is 2.30. The minimum Gasteiger partial charge on any atom is -0.508 e. The van der Waals surface area contributed by atoms with Gasteiger partial charge in [0.25, 0.3) is 0 Å². The average molecular weight is 228 g/mol. The van der Waals surface area contributed by atoms with Crippen LogP contribution in [-0.4, -0.2) is 11.1 Å². The van der Waals surface area contributed by atoms with Gasteiger partial charge in [-0.2, -0.15) is 0 Å². The number of aromatic hydroxyl groups is 1. The fourth-order valence-corrected chi connectivity index (χ4v) is 1.48. The van der Waals surface area contributed by atoms with Crippen LogP contribution < -0.4 is 4.74 Å². The van der Waals surface area contributed by atoms with Crippen LogP contribution in [0.15, 0.2) is 54.6 Å². The number of rotatable bonds is 3. The summed E-state index contributed by atoms with van der Waals surface area (Å²) in [6.07, 6.45) is 0.219. The van der Waals surface area contributed by atoms with E-state index in [9.17, 15) is 9.90 Å². The Labute approximate surface area is 99.3 Å². The lowest BCUT2D eigenvalue weighted by Crippen LogP contribution is -2.10. The fourth-order valence-electron chi connectivity index (χ4n) is 1.48. The molecule has 86 valence electrons. The number of phenols is 1. The molecule has 2 aromatic rings. The van der Waals surface area contributed by atoms with E-state index in [4.69, 9.17) is 4.74 Å². The van der Waals surface area contributed by atoms with Crippen molar-refractivity contribution in [2.45, 2.75) is 6.42 Å². The summed E-state index contributed by atoms with van der Waals surface area (Å²) in [5.74, 6) is 0.0859. The van der Waals surface area contributed by atoms with Crippen LogP contribution in [0.4, 0.5) is 0 Å². The van der Waals surface area contributed by atoms with Crippen LogP contribution in [0.5, 0.6) is 11.5 Å². The maximum absolute atomic E-state index is 11.6. The van der Waals surface area contributed by atoms with Gasteiger partial charge in [-0.25, -0.2) is 0 Å². The Morgan fingerprint density at radius 3 is 2.53 bits per heavy atom. The first-order chi connectivity index (χ1) is 8.24. The predicted octanol–water partition coefficient (Wildman–Crippen LogP) is 2.54. The molecule has 0 amide bonds. The molecule has 3 nitrogen and oxygen atoms in total. The molecule has 0 aliphatic carbocycles. The maximum atomic E-state index is 11.6. The van der Waals surface area contributed by atoms with Crippen molar-refractivity contribution in [1.82, 2.24) is 0 Å². The van der Waals surface area contributed by atoms with E-state index in [-0.39, 0.29) is 18.1 Å². The summed E-state index contributed by atoms with van der Waals surface area (Å²) in [6, 6.07) is 15.5. The first-order valence-electron chi connectivity index (χ1n) is 5.28. The second kappa shape index (κ2) is 5.16. The fraction of sp³-hybridized carbons (Fsp3) is 0.0714. The quantitative estimate of drug-likeness (QED) is 0.648. The van der Waals surface area contributed by atoms with Gasteiger partial charge in [0, 0.05) is 6.07 Å². The zero-order valence-corrected chi connectivity index (χ0v) is 9.17. The van der Waals surface area contributed by atoms with Gasteiger partial charge >= 0.3 is 5.97 Å². The minimum atomic E-state index is -0.346. The third-order valence-electron chi connectivity index (χ3n) is 2.24. The van der Waals surface area contributed by atoms with Crippen LogP contribution in [0, 0.1) is 0 Å². The van der Waals surface area contributed by atoms with Crippen molar-refractivity contribution in [3.8, 4) is 11.5 Å². The summed E-state index contributed by atoms with van der Waals surface area (Å²) >= 11 is 0. The molecule has 2 aromatic carbocycles. The number of hydrogen-bond acceptors (Lipinski definition) is 3. The van der Waals surface area contributed by atoms with Gasteiger partial charge in [0.15, 0.2) is 0 Å². The molecule has 1 N–H and O–H groups in total. The predicted molar refractivity (Wildman–Crippen MR) is 63.9 cm³/mol. The Morgan fingerprint density at radius 2 is 1.82 bits per heavy atom. The lowest BCUT2D eigenvalue weighted by Gasteiger charge is -2.04. The Bertz CT molecular complexity index is 506. The SMILES string of the molecule is O=C(Cc1ccccc1)Oc1cccc(O)c1. The molecule has 0 aromatic heterocycles. The van der Waals surface area contributed by atoms with Crippen molar-refractivity contribution in [1.29, 1.82) is 0 Å². The van der Waals surface area contributed by atoms with Crippen molar-refractivity contribution >= 4 is 5.97 Å². The van der Waals surface area contributed by atoms with Gasteiger partial charge in [-0.15, -0.1) is 0 Å². The van der Waals surface area contributed by atoms with E-state index in [1.807, 2.05) is 30.3 Å². The van der Waals surface area contributed by atoms with Crippen LogP contribution in [0.2, 0.25) is 0 Å². The van der Waals surface area contributed by atoms with E-state index >= 15 is 0 Å². The molecule has 0 aliphatic heterocycles. The summed E-state index contributed by atoms with van der Waals surface area (Å²) in [7, 11) is 0. The van der Waals surface area contributed by atoms with E-state index in [1.54, 1.807) is 12.1 Å². The normalized spacial score (nSPS) is 9.88. The number of benzene rings is 2. The van der Waals surface area contributed by atoms with Crippen LogP contribution in [0.3, 0.4) is 0 Å². The highest BCUT2D eigenvalue weighted by atomic mass is 16.5. The van der Waals surface area contributed by atoms with Gasteiger partial charge in [0.2, 0.25) is 0 Å². The van der Waals surface area contributed by atoms with Crippen molar-refractivity contribution in [3.63, 3.8) is 0 Å². The number of carbonyl (C=O) groups is 1. The maximum Gasteiger partial charge on any atom is 0.315 e. The Morgan fingerprint density at radius 1 is 1.06 bits per heavy atom. The van der Waals surface area contributed by atoms with Crippen LogP contribution in [0.1, 0.15) is 5.56 Å². The summed E-state index contributed by atoms with van der Waals surface area (Å²) in [4.78, 5) is 11.6. The smallest absolute Gasteiger partial charge is 0.315 e. The van der Waals surface area contributed by atoms with E-state index in [2.05, 4.69) is 0 Å². The van der Waals surface area contributed by atoms with Crippen LogP contribution in [-0.2, 0) is 11.2 Å².